The maximum atomic E-state index is 13.5. The average Bonchev–Trinajstić information content (AvgIpc) is 3.55. The van der Waals surface area contributed by atoms with Gasteiger partial charge in [0.15, 0.2) is 5.65 Å². The van der Waals surface area contributed by atoms with Crippen LogP contribution in [0.2, 0.25) is 0 Å². The normalized spacial score (nSPS) is 11.7. The number of aromatic nitrogens is 5. The summed E-state index contributed by atoms with van der Waals surface area (Å²) in [6, 6.07) is 9.92. The molecule has 0 aliphatic heterocycles. The monoisotopic (exact) mass is 504 g/mol. The lowest BCUT2D eigenvalue weighted by molar-refractivity contribution is 0.0963. The van der Waals surface area contributed by atoms with E-state index >= 15 is 0 Å². The summed E-state index contributed by atoms with van der Waals surface area (Å²) >= 11 is 1.66. The second-order valence-corrected chi connectivity index (χ2v) is 10.3. The van der Waals surface area contributed by atoms with Gasteiger partial charge in [-0.3, -0.25) is 23.4 Å². The van der Waals surface area contributed by atoms with Gasteiger partial charge in [-0.15, -0.1) is 11.3 Å². The van der Waals surface area contributed by atoms with Crippen molar-refractivity contribution in [1.82, 2.24) is 28.8 Å². The van der Waals surface area contributed by atoms with E-state index in [1.165, 1.54) is 11.7 Å². The maximum Gasteiger partial charge on any atom is 0.332 e. The molecule has 0 spiro atoms. The van der Waals surface area contributed by atoms with Gasteiger partial charge >= 0.3 is 5.69 Å². The first kappa shape index (κ1) is 23.8. The minimum atomic E-state index is -0.408. The first-order chi connectivity index (χ1) is 17.2. The lowest BCUT2D eigenvalue weighted by Crippen LogP contribution is -2.38. The lowest BCUT2D eigenvalue weighted by Gasteiger charge is -2.11. The lowest BCUT2D eigenvalue weighted by atomic mass is 10.1. The van der Waals surface area contributed by atoms with Crippen molar-refractivity contribution in [3.05, 3.63) is 73.9 Å². The van der Waals surface area contributed by atoms with Crippen LogP contribution in [-0.2, 0) is 27.2 Å². The fourth-order valence-corrected chi connectivity index (χ4v) is 5.60. The molecule has 0 atom stereocenters. The standard InChI is InChI=1S/C26H28N6O3S/c1-15(2)11-31-23-21(25(34)30(5)26(31)35)22(19-10-16(12-29(19)4)24(33)27-3)32(28-23)13-17-14-36-20-9-7-6-8-18(17)20/h6-10,12,14-15H,11,13H2,1-5H3,(H,27,33). The van der Waals surface area contributed by atoms with Gasteiger partial charge in [0, 0.05) is 38.6 Å². The predicted octanol–water partition coefficient (Wildman–Crippen LogP) is 3.18. The number of aryl methyl sites for hydroxylation is 1. The highest BCUT2D eigenvalue weighted by atomic mass is 32.1. The first-order valence-electron chi connectivity index (χ1n) is 11.8. The molecule has 0 radical (unpaired) electrons. The molecule has 10 heteroatoms. The Morgan fingerprint density at radius 2 is 1.92 bits per heavy atom. The second-order valence-electron chi connectivity index (χ2n) is 9.42. The van der Waals surface area contributed by atoms with E-state index in [9.17, 15) is 14.4 Å². The molecule has 5 rings (SSSR count). The van der Waals surface area contributed by atoms with Crippen LogP contribution in [0.25, 0.3) is 32.5 Å². The van der Waals surface area contributed by atoms with Gasteiger partial charge in [0.1, 0.15) is 11.1 Å². The van der Waals surface area contributed by atoms with Gasteiger partial charge in [-0.1, -0.05) is 32.0 Å². The SMILES string of the molecule is CNC(=O)c1cc(-c2c3c(=O)n(C)c(=O)n(CC(C)C)c3nn2Cc2csc3ccccc23)n(C)c1. The highest BCUT2D eigenvalue weighted by Crippen LogP contribution is 2.31. The van der Waals surface area contributed by atoms with E-state index in [0.29, 0.717) is 41.1 Å². The van der Waals surface area contributed by atoms with Crippen LogP contribution >= 0.6 is 11.3 Å². The Balaban J connectivity index is 1.84. The Morgan fingerprint density at radius 1 is 1.17 bits per heavy atom. The van der Waals surface area contributed by atoms with Crippen molar-refractivity contribution in [3.8, 4) is 11.4 Å². The number of carbonyl (C=O) groups excluding carboxylic acids is 1. The molecule has 36 heavy (non-hydrogen) atoms. The van der Waals surface area contributed by atoms with E-state index in [4.69, 9.17) is 5.10 Å². The number of hydrogen-bond donors (Lipinski definition) is 1. The van der Waals surface area contributed by atoms with Gasteiger partial charge in [-0.25, -0.2) is 4.79 Å². The molecule has 1 amide bonds. The van der Waals surface area contributed by atoms with Crippen molar-refractivity contribution in [1.29, 1.82) is 0 Å². The molecule has 0 bridgehead atoms. The van der Waals surface area contributed by atoms with E-state index < -0.39 is 11.2 Å². The van der Waals surface area contributed by atoms with E-state index in [1.54, 1.807) is 39.9 Å². The maximum absolute atomic E-state index is 13.5. The van der Waals surface area contributed by atoms with Gasteiger partial charge in [0.2, 0.25) is 0 Å². The summed E-state index contributed by atoms with van der Waals surface area (Å²) in [5.74, 6) is -0.0478. The van der Waals surface area contributed by atoms with Crippen LogP contribution in [0.4, 0.5) is 0 Å². The molecule has 0 aliphatic rings. The number of rotatable bonds is 6. The molecule has 0 unspecified atom stereocenters. The van der Waals surface area contributed by atoms with Gasteiger partial charge in [-0.2, -0.15) is 5.10 Å². The zero-order valence-electron chi connectivity index (χ0n) is 20.9. The van der Waals surface area contributed by atoms with Crippen LogP contribution < -0.4 is 16.6 Å². The fraction of sp³-hybridized carbons (Fsp3) is 0.308. The Hall–Kier alpha value is -3.92. The van der Waals surface area contributed by atoms with Crippen LogP contribution in [0.3, 0.4) is 0 Å². The minimum absolute atomic E-state index is 0.174. The Labute approximate surface area is 211 Å². The number of fused-ring (bicyclic) bond motifs is 2. The zero-order chi connectivity index (χ0) is 25.7. The van der Waals surface area contributed by atoms with Crippen molar-refractivity contribution in [2.45, 2.75) is 26.9 Å². The predicted molar refractivity (Wildman–Crippen MR) is 143 cm³/mol. The molecule has 0 aliphatic carbocycles. The number of hydrogen-bond acceptors (Lipinski definition) is 5. The Morgan fingerprint density at radius 3 is 2.64 bits per heavy atom. The summed E-state index contributed by atoms with van der Waals surface area (Å²) in [4.78, 5) is 39.0. The molecule has 1 aromatic carbocycles. The van der Waals surface area contributed by atoms with Gasteiger partial charge in [0.25, 0.3) is 11.5 Å². The number of thiophene rings is 1. The second kappa shape index (κ2) is 8.94. The van der Waals surface area contributed by atoms with E-state index in [-0.39, 0.29) is 11.8 Å². The zero-order valence-corrected chi connectivity index (χ0v) is 21.7. The third-order valence-corrected chi connectivity index (χ3v) is 7.40. The topological polar surface area (TPSA) is 95.8 Å². The van der Waals surface area contributed by atoms with Crippen molar-refractivity contribution < 1.29 is 4.79 Å². The van der Waals surface area contributed by atoms with Crippen LogP contribution in [-0.4, -0.2) is 36.4 Å². The Kier molecular flexibility index (Phi) is 5.91. The van der Waals surface area contributed by atoms with Crippen molar-refractivity contribution in [3.63, 3.8) is 0 Å². The largest absolute Gasteiger partial charge is 0.355 e. The van der Waals surface area contributed by atoms with Crippen molar-refractivity contribution >= 4 is 38.4 Å². The molecular formula is C26H28N6O3S. The summed E-state index contributed by atoms with van der Waals surface area (Å²) in [5, 5.41) is 11.1. The molecule has 4 heterocycles. The highest BCUT2D eigenvalue weighted by Gasteiger charge is 2.25. The summed E-state index contributed by atoms with van der Waals surface area (Å²) in [6.45, 7) is 4.88. The van der Waals surface area contributed by atoms with Crippen LogP contribution in [0.5, 0.6) is 0 Å². The minimum Gasteiger partial charge on any atom is -0.355 e. The summed E-state index contributed by atoms with van der Waals surface area (Å²) < 4.78 is 7.50. The van der Waals surface area contributed by atoms with E-state index in [1.807, 2.05) is 37.6 Å². The molecule has 1 N–H and O–H groups in total. The summed E-state index contributed by atoms with van der Waals surface area (Å²) in [7, 11) is 4.91. The van der Waals surface area contributed by atoms with Gasteiger partial charge in [-0.05, 0) is 34.4 Å². The molecule has 0 fully saturated rings. The number of carbonyl (C=O) groups is 1. The number of benzene rings is 1. The fourth-order valence-electron chi connectivity index (χ4n) is 4.65. The van der Waals surface area contributed by atoms with E-state index in [2.05, 4.69) is 22.8 Å². The molecule has 0 saturated heterocycles. The average molecular weight is 505 g/mol. The quantitative estimate of drug-likeness (QED) is 0.384. The number of nitrogens with one attached hydrogen (secondary N) is 1. The number of nitrogens with zero attached hydrogens (tertiary/aromatic N) is 5. The smallest absolute Gasteiger partial charge is 0.332 e. The molecule has 186 valence electrons. The molecule has 0 saturated carbocycles. The van der Waals surface area contributed by atoms with Gasteiger partial charge in [0.05, 0.1) is 17.8 Å². The Bertz CT molecular complexity index is 1750. The van der Waals surface area contributed by atoms with Crippen molar-refractivity contribution in [2.75, 3.05) is 7.05 Å². The number of amides is 1. The molecular weight excluding hydrogens is 476 g/mol. The van der Waals surface area contributed by atoms with Crippen molar-refractivity contribution in [2.24, 2.45) is 20.0 Å². The first-order valence-corrected chi connectivity index (χ1v) is 12.6. The summed E-state index contributed by atoms with van der Waals surface area (Å²) in [6.07, 6.45) is 1.73. The van der Waals surface area contributed by atoms with Gasteiger partial charge < -0.3 is 9.88 Å². The van der Waals surface area contributed by atoms with E-state index in [0.717, 1.165) is 15.5 Å². The highest BCUT2D eigenvalue weighted by molar-refractivity contribution is 7.17. The van der Waals surface area contributed by atoms with Crippen LogP contribution in [0.15, 0.2) is 51.5 Å². The van der Waals surface area contributed by atoms with Crippen LogP contribution in [0, 0.1) is 5.92 Å². The molecule has 9 nitrogen and oxygen atoms in total. The van der Waals surface area contributed by atoms with Crippen LogP contribution in [0.1, 0.15) is 29.8 Å². The molecule has 4 aromatic heterocycles. The molecule has 5 aromatic rings. The third kappa shape index (κ3) is 3.78. The summed E-state index contributed by atoms with van der Waals surface area (Å²) in [5.41, 5.74) is 2.35. The third-order valence-electron chi connectivity index (χ3n) is 6.39.